The van der Waals surface area contributed by atoms with Crippen LogP contribution in [0.1, 0.15) is 97.8 Å². The first-order chi connectivity index (χ1) is 11.0. The monoisotopic (exact) mass is 338 g/mol. The minimum atomic E-state index is -2.11. The van der Waals surface area contributed by atoms with Crippen molar-refractivity contribution in [3.8, 4) is 0 Å². The Morgan fingerprint density at radius 3 is 1.04 bits per heavy atom. The van der Waals surface area contributed by atoms with Gasteiger partial charge in [0.2, 0.25) is 0 Å². The number of hydrogen-bond acceptors (Lipinski definition) is 1. The maximum Gasteiger partial charge on any atom is 0.0972 e. The van der Waals surface area contributed by atoms with Crippen LogP contribution in [-0.4, -0.2) is 17.0 Å². The molecule has 3 rings (SSSR count). The molecule has 0 aromatic heterocycles. The lowest BCUT2D eigenvalue weighted by atomic mass is 9.89. The predicted octanol–water partition coefficient (Wildman–Crippen LogP) is 7.09. The Hall–Kier alpha value is 0.230. The molecule has 0 spiro atoms. The highest BCUT2D eigenvalue weighted by atomic mass is 31.2. The van der Waals surface area contributed by atoms with Gasteiger partial charge in [-0.15, -0.1) is 0 Å². The second-order valence-corrected chi connectivity index (χ2v) is 12.8. The zero-order valence-electron chi connectivity index (χ0n) is 15.8. The van der Waals surface area contributed by atoms with Crippen LogP contribution in [0.15, 0.2) is 0 Å². The largest absolute Gasteiger partial charge is 0.323 e. The van der Waals surface area contributed by atoms with E-state index in [-0.39, 0.29) is 0 Å². The zero-order chi connectivity index (χ0) is 16.4. The van der Waals surface area contributed by atoms with Crippen molar-refractivity contribution < 1.29 is 4.57 Å². The average Bonchev–Trinajstić information content (AvgIpc) is 2.55. The van der Waals surface area contributed by atoms with Gasteiger partial charge in [0.15, 0.2) is 0 Å². The van der Waals surface area contributed by atoms with Crippen LogP contribution >= 0.6 is 7.14 Å². The molecular formula is C21H39OP. The Bertz CT molecular complexity index is 370. The molecule has 3 aliphatic carbocycles. The Labute approximate surface area is 144 Å². The van der Waals surface area contributed by atoms with E-state index >= 15 is 0 Å². The van der Waals surface area contributed by atoms with E-state index in [4.69, 9.17) is 0 Å². The molecule has 1 nitrogen and oxygen atoms in total. The van der Waals surface area contributed by atoms with E-state index in [0.717, 1.165) is 0 Å². The molecule has 6 atom stereocenters. The molecule has 0 heterocycles. The van der Waals surface area contributed by atoms with E-state index < -0.39 is 7.14 Å². The molecule has 0 bridgehead atoms. The lowest BCUT2D eigenvalue weighted by Gasteiger charge is -2.49. The lowest BCUT2D eigenvalue weighted by molar-refractivity contribution is 0.319. The summed E-state index contributed by atoms with van der Waals surface area (Å²) in [5.41, 5.74) is 1.69. The number of hydrogen-bond donors (Lipinski definition) is 0. The molecule has 0 saturated heterocycles. The summed E-state index contributed by atoms with van der Waals surface area (Å²) in [6.45, 7) is 7.28. The summed E-state index contributed by atoms with van der Waals surface area (Å²) in [6, 6.07) is 0. The van der Waals surface area contributed by atoms with Gasteiger partial charge in [0.25, 0.3) is 0 Å². The normalized spacial score (nSPS) is 45.3. The summed E-state index contributed by atoms with van der Waals surface area (Å²) in [4.78, 5) is 0. The molecule has 0 amide bonds. The summed E-state index contributed by atoms with van der Waals surface area (Å²) in [7, 11) is -2.11. The van der Waals surface area contributed by atoms with E-state index in [1.165, 1.54) is 77.0 Å². The first-order valence-corrected chi connectivity index (χ1v) is 12.6. The molecule has 2 heteroatoms. The highest BCUT2D eigenvalue weighted by Gasteiger charge is 2.51. The topological polar surface area (TPSA) is 17.1 Å². The van der Waals surface area contributed by atoms with Gasteiger partial charge in [-0.05, 0) is 56.3 Å². The van der Waals surface area contributed by atoms with Gasteiger partial charge in [-0.2, -0.15) is 0 Å². The van der Waals surface area contributed by atoms with Crippen molar-refractivity contribution in [2.24, 2.45) is 17.8 Å². The van der Waals surface area contributed by atoms with Crippen molar-refractivity contribution in [1.82, 2.24) is 0 Å². The van der Waals surface area contributed by atoms with Crippen LogP contribution in [0.4, 0.5) is 0 Å². The van der Waals surface area contributed by atoms with Crippen LogP contribution in [-0.2, 0) is 4.57 Å². The van der Waals surface area contributed by atoms with Crippen molar-refractivity contribution in [2.45, 2.75) is 115 Å². The van der Waals surface area contributed by atoms with Crippen LogP contribution in [0, 0.1) is 17.8 Å². The van der Waals surface area contributed by atoms with Crippen LogP contribution in [0.2, 0.25) is 0 Å². The molecule has 134 valence electrons. The van der Waals surface area contributed by atoms with Gasteiger partial charge < -0.3 is 4.57 Å². The first kappa shape index (κ1) is 18.0. The second kappa shape index (κ2) is 7.63. The van der Waals surface area contributed by atoms with Crippen LogP contribution in [0.5, 0.6) is 0 Å². The SMILES string of the molecule is CC1CCCCC1P(=O)(C1CCCCC1C)C1CCCCC1C. The Morgan fingerprint density at radius 2 is 0.783 bits per heavy atom. The minimum absolute atomic E-state index is 0.562. The van der Waals surface area contributed by atoms with Gasteiger partial charge in [-0.3, -0.25) is 0 Å². The van der Waals surface area contributed by atoms with Gasteiger partial charge in [0.1, 0.15) is 0 Å². The van der Waals surface area contributed by atoms with Crippen molar-refractivity contribution in [2.75, 3.05) is 0 Å². The highest BCUT2D eigenvalue weighted by Crippen LogP contribution is 2.70. The molecule has 3 fully saturated rings. The third-order valence-corrected chi connectivity index (χ3v) is 13.2. The fraction of sp³-hybridized carbons (Fsp3) is 1.00. The van der Waals surface area contributed by atoms with Gasteiger partial charge in [-0.1, -0.05) is 59.3 Å². The van der Waals surface area contributed by atoms with Gasteiger partial charge in [0.05, 0.1) is 7.14 Å². The minimum Gasteiger partial charge on any atom is -0.323 e. The Kier molecular flexibility index (Phi) is 5.99. The molecule has 0 aromatic rings. The molecule has 23 heavy (non-hydrogen) atoms. The van der Waals surface area contributed by atoms with Gasteiger partial charge in [-0.25, -0.2) is 0 Å². The Balaban J connectivity index is 1.95. The van der Waals surface area contributed by atoms with Gasteiger partial charge >= 0.3 is 0 Å². The summed E-state index contributed by atoms with van der Waals surface area (Å²) in [5.74, 6) is 2.12. The van der Waals surface area contributed by atoms with Crippen LogP contribution < -0.4 is 0 Å². The fourth-order valence-electron chi connectivity index (χ4n) is 6.43. The van der Waals surface area contributed by atoms with E-state index in [2.05, 4.69) is 20.8 Å². The van der Waals surface area contributed by atoms with E-state index in [9.17, 15) is 4.57 Å². The van der Waals surface area contributed by atoms with Crippen LogP contribution in [0.3, 0.4) is 0 Å². The highest BCUT2D eigenvalue weighted by molar-refractivity contribution is 7.66. The molecule has 3 aliphatic rings. The third kappa shape index (κ3) is 3.47. The molecule has 0 aliphatic heterocycles. The van der Waals surface area contributed by atoms with Gasteiger partial charge in [0, 0.05) is 17.0 Å². The first-order valence-electron chi connectivity index (χ1n) is 10.6. The maximum absolute atomic E-state index is 14.9. The zero-order valence-corrected chi connectivity index (χ0v) is 16.7. The Morgan fingerprint density at radius 1 is 0.522 bits per heavy atom. The molecular weight excluding hydrogens is 299 g/mol. The van der Waals surface area contributed by atoms with Crippen LogP contribution in [0.25, 0.3) is 0 Å². The quantitative estimate of drug-likeness (QED) is 0.502. The summed E-state index contributed by atoms with van der Waals surface area (Å²) >= 11 is 0. The smallest absolute Gasteiger partial charge is 0.0972 e. The van der Waals surface area contributed by atoms with E-state index in [1.54, 1.807) is 0 Å². The molecule has 0 radical (unpaired) electrons. The molecule has 3 saturated carbocycles. The average molecular weight is 339 g/mol. The molecule has 6 unspecified atom stereocenters. The lowest BCUT2D eigenvalue weighted by Crippen LogP contribution is -2.39. The summed E-state index contributed by atoms with van der Waals surface area (Å²) in [5, 5.41) is 0. The fourth-order valence-corrected chi connectivity index (χ4v) is 12.5. The van der Waals surface area contributed by atoms with E-state index in [1.807, 2.05) is 0 Å². The van der Waals surface area contributed by atoms with Crippen molar-refractivity contribution in [3.05, 3.63) is 0 Å². The van der Waals surface area contributed by atoms with Crippen molar-refractivity contribution in [1.29, 1.82) is 0 Å². The number of rotatable bonds is 3. The third-order valence-electron chi connectivity index (χ3n) is 7.75. The van der Waals surface area contributed by atoms with E-state index in [0.29, 0.717) is 34.7 Å². The summed E-state index contributed by atoms with van der Waals surface area (Å²) < 4.78 is 14.9. The second-order valence-electron chi connectivity index (χ2n) is 9.25. The summed E-state index contributed by atoms with van der Waals surface area (Å²) in [6.07, 6.45) is 15.9. The van der Waals surface area contributed by atoms with Crippen molar-refractivity contribution in [3.63, 3.8) is 0 Å². The maximum atomic E-state index is 14.9. The van der Waals surface area contributed by atoms with Crippen molar-refractivity contribution >= 4 is 7.14 Å². The molecule has 0 N–H and O–H groups in total. The predicted molar refractivity (Wildman–Crippen MR) is 102 cm³/mol. The standard InChI is InChI=1S/C21H39OP/c1-16-10-4-7-13-19(16)23(22,20-14-8-5-11-17(20)2)21-15-9-6-12-18(21)3/h16-21H,4-15H2,1-3H3. The molecule has 0 aromatic carbocycles.